The van der Waals surface area contributed by atoms with E-state index in [0.717, 1.165) is 23.3 Å². The van der Waals surface area contributed by atoms with Crippen LogP contribution in [0.25, 0.3) is 6.08 Å². The third kappa shape index (κ3) is 5.68. The molecule has 2 rings (SSSR count). The monoisotopic (exact) mass is 377 g/mol. The normalized spacial score (nSPS) is 11.1. The average molecular weight is 377 g/mol. The molecule has 0 bridgehead atoms. The van der Waals surface area contributed by atoms with Crippen molar-refractivity contribution in [3.05, 3.63) is 82.9 Å². The highest BCUT2D eigenvalue weighted by Gasteiger charge is 2.09. The molecule has 0 unspecified atom stereocenters. The molecule has 0 aromatic heterocycles. The molecule has 4 nitrogen and oxygen atoms in total. The number of nitrogens with zero attached hydrogens (tertiary/aromatic N) is 1. The Hall–Kier alpha value is -3.14. The minimum absolute atomic E-state index is 0.0890. The van der Waals surface area contributed by atoms with Gasteiger partial charge in [0.1, 0.15) is 5.75 Å². The van der Waals surface area contributed by atoms with Gasteiger partial charge >= 0.3 is 0 Å². The Balaban J connectivity index is 2.21. The summed E-state index contributed by atoms with van der Waals surface area (Å²) in [5.74, 6) is 0.543. The Morgan fingerprint density at radius 2 is 1.71 bits per heavy atom. The predicted octanol–water partition coefficient (Wildman–Crippen LogP) is 4.80. The fourth-order valence-electron chi connectivity index (χ4n) is 2.69. The average Bonchev–Trinajstić information content (AvgIpc) is 2.71. The molecule has 2 aromatic rings. The van der Waals surface area contributed by atoms with E-state index >= 15 is 0 Å². The van der Waals surface area contributed by atoms with Gasteiger partial charge in [-0.2, -0.15) is 0 Å². The highest BCUT2D eigenvalue weighted by molar-refractivity contribution is 6.07. The van der Waals surface area contributed by atoms with Gasteiger partial charge in [0, 0.05) is 30.8 Å². The van der Waals surface area contributed by atoms with Crippen molar-refractivity contribution in [3.63, 3.8) is 0 Å². The maximum Gasteiger partial charge on any atom is 0.253 e. The SMILES string of the molecule is CC=CCc1ccc(OCC)c(C=CC(=O)c2ccc(C(=O)N(C)C)cc2)c1. The second-order valence-electron chi connectivity index (χ2n) is 6.55. The Morgan fingerprint density at radius 3 is 2.32 bits per heavy atom. The minimum atomic E-state index is -0.120. The van der Waals surface area contributed by atoms with Crippen LogP contribution in [-0.4, -0.2) is 37.3 Å². The summed E-state index contributed by atoms with van der Waals surface area (Å²) in [6, 6.07) is 12.7. The molecule has 0 saturated heterocycles. The van der Waals surface area contributed by atoms with E-state index < -0.39 is 0 Å². The first-order valence-electron chi connectivity index (χ1n) is 9.37. The van der Waals surface area contributed by atoms with Gasteiger partial charge in [0.25, 0.3) is 5.91 Å². The van der Waals surface area contributed by atoms with Crippen LogP contribution in [-0.2, 0) is 6.42 Å². The number of hydrogen-bond acceptors (Lipinski definition) is 3. The van der Waals surface area contributed by atoms with Gasteiger partial charge in [0.2, 0.25) is 0 Å². The number of carbonyl (C=O) groups excluding carboxylic acids is 2. The Bertz CT molecular complexity index is 877. The van der Waals surface area contributed by atoms with Gasteiger partial charge in [-0.1, -0.05) is 30.4 Å². The molecule has 0 fully saturated rings. The van der Waals surface area contributed by atoms with Gasteiger partial charge < -0.3 is 9.64 Å². The molecule has 0 saturated carbocycles. The highest BCUT2D eigenvalue weighted by atomic mass is 16.5. The first-order valence-corrected chi connectivity index (χ1v) is 9.37. The number of benzene rings is 2. The summed E-state index contributed by atoms with van der Waals surface area (Å²) in [6.45, 7) is 4.48. The van der Waals surface area contributed by atoms with Crippen molar-refractivity contribution in [1.82, 2.24) is 4.90 Å². The number of amides is 1. The smallest absolute Gasteiger partial charge is 0.253 e. The molecule has 4 heteroatoms. The van der Waals surface area contributed by atoms with E-state index in [-0.39, 0.29) is 11.7 Å². The minimum Gasteiger partial charge on any atom is -0.493 e. The lowest BCUT2D eigenvalue weighted by Crippen LogP contribution is -2.21. The second kappa shape index (κ2) is 10.3. The Morgan fingerprint density at radius 1 is 1.04 bits per heavy atom. The largest absolute Gasteiger partial charge is 0.493 e. The van der Waals surface area contributed by atoms with E-state index in [1.807, 2.05) is 38.1 Å². The molecule has 28 heavy (non-hydrogen) atoms. The molecule has 0 heterocycles. The zero-order valence-electron chi connectivity index (χ0n) is 16.9. The lowest BCUT2D eigenvalue weighted by atomic mass is 10.0. The number of ketones is 1. The molecule has 0 atom stereocenters. The third-order valence-electron chi connectivity index (χ3n) is 4.20. The molecule has 2 aromatic carbocycles. The molecule has 0 N–H and O–H groups in total. The second-order valence-corrected chi connectivity index (χ2v) is 6.55. The van der Waals surface area contributed by atoms with Crippen molar-refractivity contribution in [2.75, 3.05) is 20.7 Å². The zero-order valence-corrected chi connectivity index (χ0v) is 16.9. The van der Waals surface area contributed by atoms with Crippen LogP contribution in [0.5, 0.6) is 5.75 Å². The van der Waals surface area contributed by atoms with Gasteiger partial charge in [0.05, 0.1) is 6.61 Å². The van der Waals surface area contributed by atoms with E-state index in [0.29, 0.717) is 17.7 Å². The Kier molecular flexibility index (Phi) is 7.76. The molecule has 146 valence electrons. The van der Waals surface area contributed by atoms with Crippen molar-refractivity contribution in [3.8, 4) is 5.75 Å². The van der Waals surface area contributed by atoms with E-state index in [1.54, 1.807) is 50.5 Å². The number of carbonyl (C=O) groups is 2. The predicted molar refractivity (Wildman–Crippen MR) is 114 cm³/mol. The standard InChI is InChI=1S/C24H27NO3/c1-5-7-8-18-9-16-23(28-6-2)21(17-18)14-15-22(26)19-10-12-20(13-11-19)24(27)25(3)4/h5,7,9-17H,6,8H2,1-4H3. The molecular weight excluding hydrogens is 350 g/mol. The van der Waals surface area contributed by atoms with Crippen LogP contribution in [0.3, 0.4) is 0 Å². The van der Waals surface area contributed by atoms with Crippen LogP contribution in [0.15, 0.2) is 60.7 Å². The summed E-state index contributed by atoms with van der Waals surface area (Å²) in [4.78, 5) is 26.0. The van der Waals surface area contributed by atoms with Crippen LogP contribution in [0, 0.1) is 0 Å². The van der Waals surface area contributed by atoms with Gasteiger partial charge in [-0.25, -0.2) is 0 Å². The van der Waals surface area contributed by atoms with Gasteiger partial charge in [0.15, 0.2) is 5.78 Å². The summed E-state index contributed by atoms with van der Waals surface area (Å²) in [5, 5.41) is 0. The lowest BCUT2D eigenvalue weighted by molar-refractivity contribution is 0.0827. The fraction of sp³-hybridized carbons (Fsp3) is 0.250. The van der Waals surface area contributed by atoms with Crippen molar-refractivity contribution in [2.45, 2.75) is 20.3 Å². The maximum absolute atomic E-state index is 12.5. The summed E-state index contributed by atoms with van der Waals surface area (Å²) in [5.41, 5.74) is 3.12. The molecule has 0 radical (unpaired) electrons. The van der Waals surface area contributed by atoms with E-state index in [4.69, 9.17) is 4.74 Å². The molecule has 0 aliphatic carbocycles. The highest BCUT2D eigenvalue weighted by Crippen LogP contribution is 2.23. The van der Waals surface area contributed by atoms with Gasteiger partial charge in [-0.05, 0) is 62.2 Å². The first kappa shape index (κ1) is 21.2. The number of hydrogen-bond donors (Lipinski definition) is 0. The molecule has 0 spiro atoms. The van der Waals surface area contributed by atoms with E-state index in [9.17, 15) is 9.59 Å². The molecule has 1 amide bonds. The summed E-state index contributed by atoms with van der Waals surface area (Å²) in [7, 11) is 3.40. The fourth-order valence-corrected chi connectivity index (χ4v) is 2.69. The van der Waals surface area contributed by atoms with Crippen LogP contribution in [0.2, 0.25) is 0 Å². The molecule has 0 aliphatic heterocycles. The zero-order chi connectivity index (χ0) is 20.5. The summed E-state index contributed by atoms with van der Waals surface area (Å²) < 4.78 is 5.68. The maximum atomic E-state index is 12.5. The topological polar surface area (TPSA) is 46.6 Å². The van der Waals surface area contributed by atoms with Crippen molar-refractivity contribution in [2.24, 2.45) is 0 Å². The van der Waals surface area contributed by atoms with Crippen LogP contribution >= 0.6 is 0 Å². The van der Waals surface area contributed by atoms with Crippen LogP contribution < -0.4 is 4.74 Å². The summed E-state index contributed by atoms with van der Waals surface area (Å²) in [6.07, 6.45) is 8.26. The number of rotatable bonds is 8. The number of allylic oxidation sites excluding steroid dienone is 3. The lowest BCUT2D eigenvalue weighted by Gasteiger charge is -2.10. The van der Waals surface area contributed by atoms with Gasteiger partial charge in [-0.15, -0.1) is 0 Å². The van der Waals surface area contributed by atoms with Crippen molar-refractivity contribution >= 4 is 17.8 Å². The molecular formula is C24H27NO3. The van der Waals surface area contributed by atoms with Crippen LogP contribution in [0.4, 0.5) is 0 Å². The van der Waals surface area contributed by atoms with Gasteiger partial charge in [-0.3, -0.25) is 9.59 Å². The Labute approximate surface area is 167 Å². The van der Waals surface area contributed by atoms with Crippen LogP contribution in [0.1, 0.15) is 45.7 Å². The quantitative estimate of drug-likeness (QED) is 0.377. The van der Waals surface area contributed by atoms with E-state index in [1.165, 1.54) is 4.90 Å². The number of ether oxygens (including phenoxy) is 1. The first-order chi connectivity index (χ1) is 13.5. The summed E-state index contributed by atoms with van der Waals surface area (Å²) >= 11 is 0. The molecule has 0 aliphatic rings. The van der Waals surface area contributed by atoms with Crippen molar-refractivity contribution in [1.29, 1.82) is 0 Å². The van der Waals surface area contributed by atoms with Crippen molar-refractivity contribution < 1.29 is 14.3 Å². The third-order valence-corrected chi connectivity index (χ3v) is 4.20. The van der Waals surface area contributed by atoms with E-state index in [2.05, 4.69) is 6.08 Å².